The third-order valence-electron chi connectivity index (χ3n) is 7.49. The Morgan fingerprint density at radius 3 is 2.80 bits per heavy atom. The van der Waals surface area contributed by atoms with Crippen LogP contribution >= 0.6 is 11.6 Å². The van der Waals surface area contributed by atoms with Crippen LogP contribution in [0.25, 0.3) is 0 Å². The van der Waals surface area contributed by atoms with E-state index >= 15 is 0 Å². The molecule has 0 spiro atoms. The van der Waals surface area contributed by atoms with Crippen LogP contribution in [0.5, 0.6) is 0 Å². The SMILES string of the molecule is O=C1NCCC2CC(N3CCC(O)(C(=O)NCC4CC(F)CC(Cl)C4)C3=O)CCC12. The fourth-order valence-electron chi connectivity index (χ4n) is 5.83. The number of hydrogen-bond donors (Lipinski definition) is 3. The van der Waals surface area contributed by atoms with Gasteiger partial charge in [-0.15, -0.1) is 11.6 Å². The molecule has 2 heterocycles. The second-order valence-electron chi connectivity index (χ2n) is 9.50. The highest BCUT2D eigenvalue weighted by molar-refractivity contribution is 6.20. The standard InChI is InChI=1S/C21H31ClFN3O4/c22-14-7-12(8-15(23)10-14)11-25-19(28)21(30)4-6-26(20(21)29)16-1-2-17-13(9-16)3-5-24-18(17)27/h12-17,30H,1-11H2,(H,24,27)(H,25,28). The zero-order valence-corrected chi connectivity index (χ0v) is 17.9. The molecule has 3 N–H and O–H groups in total. The molecule has 9 heteroatoms. The molecule has 4 fully saturated rings. The lowest BCUT2D eigenvalue weighted by molar-refractivity contribution is -0.156. The predicted octanol–water partition coefficient (Wildman–Crippen LogP) is 1.12. The van der Waals surface area contributed by atoms with E-state index in [2.05, 4.69) is 10.6 Å². The molecule has 7 atom stereocenters. The normalized spacial score (nSPS) is 41.9. The number of fused-ring (bicyclic) bond motifs is 1. The third kappa shape index (κ3) is 4.17. The topological polar surface area (TPSA) is 98.7 Å². The highest BCUT2D eigenvalue weighted by atomic mass is 35.5. The van der Waals surface area contributed by atoms with Crippen LogP contribution in [0.15, 0.2) is 0 Å². The second kappa shape index (κ2) is 8.61. The molecule has 168 valence electrons. The van der Waals surface area contributed by atoms with Gasteiger partial charge < -0.3 is 20.6 Å². The lowest BCUT2D eigenvalue weighted by atomic mass is 9.73. The molecule has 7 unspecified atom stereocenters. The molecule has 7 nitrogen and oxygen atoms in total. The summed E-state index contributed by atoms with van der Waals surface area (Å²) in [6.07, 6.45) is 3.41. The molecular formula is C21H31ClFN3O4. The van der Waals surface area contributed by atoms with Gasteiger partial charge in [-0.1, -0.05) is 0 Å². The minimum atomic E-state index is -2.06. The smallest absolute Gasteiger partial charge is 0.264 e. The van der Waals surface area contributed by atoms with Gasteiger partial charge in [0.2, 0.25) is 11.5 Å². The molecule has 4 aliphatic rings. The van der Waals surface area contributed by atoms with Crippen molar-refractivity contribution < 1.29 is 23.9 Å². The number of nitrogens with zero attached hydrogens (tertiary/aromatic N) is 1. The quantitative estimate of drug-likeness (QED) is 0.448. The van der Waals surface area contributed by atoms with Crippen LogP contribution < -0.4 is 10.6 Å². The van der Waals surface area contributed by atoms with Crippen molar-refractivity contribution in [1.82, 2.24) is 15.5 Å². The number of alkyl halides is 2. The van der Waals surface area contributed by atoms with Gasteiger partial charge in [0, 0.05) is 43.4 Å². The van der Waals surface area contributed by atoms with Gasteiger partial charge in [0.25, 0.3) is 11.8 Å². The summed E-state index contributed by atoms with van der Waals surface area (Å²) in [5, 5.41) is 16.2. The Morgan fingerprint density at radius 2 is 2.03 bits per heavy atom. The van der Waals surface area contributed by atoms with E-state index in [-0.39, 0.29) is 48.0 Å². The Morgan fingerprint density at radius 1 is 1.23 bits per heavy atom. The number of hydrogen-bond acceptors (Lipinski definition) is 4. The number of aliphatic hydroxyl groups is 1. The van der Waals surface area contributed by atoms with Gasteiger partial charge in [-0.25, -0.2) is 4.39 Å². The lowest BCUT2D eigenvalue weighted by Gasteiger charge is -2.41. The van der Waals surface area contributed by atoms with E-state index in [4.69, 9.17) is 11.6 Å². The molecule has 2 aliphatic heterocycles. The molecule has 4 rings (SSSR count). The van der Waals surface area contributed by atoms with E-state index in [1.807, 2.05) is 0 Å². The number of carbonyl (C=O) groups is 3. The number of likely N-dealkylation sites (tertiary alicyclic amines) is 1. The first-order chi connectivity index (χ1) is 14.3. The van der Waals surface area contributed by atoms with Crippen LogP contribution in [0.3, 0.4) is 0 Å². The molecule has 3 amide bonds. The van der Waals surface area contributed by atoms with Crippen molar-refractivity contribution in [3.63, 3.8) is 0 Å². The fraction of sp³-hybridized carbons (Fsp3) is 0.857. The van der Waals surface area contributed by atoms with Gasteiger partial charge in [0.05, 0.1) is 0 Å². The number of piperidine rings is 1. The monoisotopic (exact) mass is 443 g/mol. The first-order valence-electron chi connectivity index (χ1n) is 11.2. The van der Waals surface area contributed by atoms with E-state index in [1.54, 1.807) is 4.90 Å². The predicted molar refractivity (Wildman–Crippen MR) is 108 cm³/mol. The van der Waals surface area contributed by atoms with E-state index in [0.29, 0.717) is 38.8 Å². The van der Waals surface area contributed by atoms with E-state index in [1.165, 1.54) is 0 Å². The van der Waals surface area contributed by atoms with E-state index < -0.39 is 23.6 Å². The van der Waals surface area contributed by atoms with Crippen molar-refractivity contribution in [1.29, 1.82) is 0 Å². The number of halogens is 2. The summed E-state index contributed by atoms with van der Waals surface area (Å²) in [7, 11) is 0. The Balaban J connectivity index is 1.33. The maximum atomic E-state index is 13.7. The van der Waals surface area contributed by atoms with Crippen LogP contribution in [-0.2, 0) is 14.4 Å². The summed E-state index contributed by atoms with van der Waals surface area (Å²) >= 11 is 6.07. The lowest BCUT2D eigenvalue weighted by Crippen LogP contribution is -2.55. The number of amides is 3. The minimum Gasteiger partial charge on any atom is -0.372 e. The van der Waals surface area contributed by atoms with Crippen molar-refractivity contribution in [2.24, 2.45) is 17.8 Å². The van der Waals surface area contributed by atoms with Crippen LogP contribution in [0.2, 0.25) is 0 Å². The molecule has 0 bridgehead atoms. The molecule has 2 saturated carbocycles. The maximum Gasteiger partial charge on any atom is 0.264 e. The highest BCUT2D eigenvalue weighted by Gasteiger charge is 2.54. The average Bonchev–Trinajstić information content (AvgIpc) is 3.01. The maximum absolute atomic E-state index is 13.7. The van der Waals surface area contributed by atoms with E-state index in [0.717, 1.165) is 19.3 Å². The van der Waals surface area contributed by atoms with Gasteiger partial charge in [0.1, 0.15) is 6.17 Å². The number of carbonyl (C=O) groups excluding carboxylic acids is 3. The largest absolute Gasteiger partial charge is 0.372 e. The van der Waals surface area contributed by atoms with Crippen molar-refractivity contribution >= 4 is 29.3 Å². The molecule has 30 heavy (non-hydrogen) atoms. The second-order valence-corrected chi connectivity index (χ2v) is 10.1. The minimum absolute atomic E-state index is 0.00969. The van der Waals surface area contributed by atoms with Gasteiger partial charge in [-0.2, -0.15) is 0 Å². The Bertz CT molecular complexity index is 700. The molecule has 0 aromatic carbocycles. The van der Waals surface area contributed by atoms with Crippen LogP contribution in [0.4, 0.5) is 4.39 Å². The van der Waals surface area contributed by atoms with Crippen LogP contribution in [0, 0.1) is 17.8 Å². The Labute approximate surface area is 181 Å². The van der Waals surface area contributed by atoms with Gasteiger partial charge in [-0.05, 0) is 56.8 Å². The van der Waals surface area contributed by atoms with Crippen LogP contribution in [0.1, 0.15) is 51.4 Å². The first kappa shape index (κ1) is 21.8. The summed E-state index contributed by atoms with van der Waals surface area (Å²) in [6.45, 7) is 1.20. The molecule has 2 aliphatic carbocycles. The van der Waals surface area contributed by atoms with Crippen LogP contribution in [-0.4, -0.2) is 70.6 Å². The first-order valence-corrected chi connectivity index (χ1v) is 11.6. The zero-order valence-electron chi connectivity index (χ0n) is 17.1. The van der Waals surface area contributed by atoms with Crippen molar-refractivity contribution in [3.8, 4) is 0 Å². The summed E-state index contributed by atoms with van der Waals surface area (Å²) < 4.78 is 13.7. The number of nitrogens with one attached hydrogen (secondary N) is 2. The van der Waals surface area contributed by atoms with Gasteiger partial charge in [0.15, 0.2) is 0 Å². The van der Waals surface area contributed by atoms with Crippen molar-refractivity contribution in [2.45, 2.75) is 74.6 Å². The van der Waals surface area contributed by atoms with Gasteiger partial charge in [-0.3, -0.25) is 14.4 Å². The summed E-state index contributed by atoms with van der Waals surface area (Å²) in [5.74, 6) is -0.986. The van der Waals surface area contributed by atoms with Crippen molar-refractivity contribution in [3.05, 3.63) is 0 Å². The summed E-state index contributed by atoms with van der Waals surface area (Å²) in [6, 6.07) is -0.0471. The average molecular weight is 444 g/mol. The number of rotatable bonds is 4. The van der Waals surface area contributed by atoms with Gasteiger partial charge >= 0.3 is 0 Å². The highest BCUT2D eigenvalue weighted by Crippen LogP contribution is 2.39. The summed E-state index contributed by atoms with van der Waals surface area (Å²) in [5.41, 5.74) is -2.06. The molecule has 0 radical (unpaired) electrons. The van der Waals surface area contributed by atoms with Crippen molar-refractivity contribution in [2.75, 3.05) is 19.6 Å². The molecule has 0 aromatic heterocycles. The molecule has 2 saturated heterocycles. The van der Waals surface area contributed by atoms with E-state index in [9.17, 15) is 23.9 Å². The third-order valence-corrected chi connectivity index (χ3v) is 7.85. The summed E-state index contributed by atoms with van der Waals surface area (Å²) in [4.78, 5) is 39.4. The molecule has 0 aromatic rings. The Hall–Kier alpha value is -1.41. The fourth-order valence-corrected chi connectivity index (χ4v) is 6.27. The molecular weight excluding hydrogens is 413 g/mol. The Kier molecular flexibility index (Phi) is 6.26. The zero-order chi connectivity index (χ0) is 21.5.